The van der Waals surface area contributed by atoms with E-state index in [0.29, 0.717) is 29.5 Å². The third-order valence-electron chi connectivity index (χ3n) is 5.47. The van der Waals surface area contributed by atoms with Crippen LogP contribution in [-0.2, 0) is 17.8 Å². The molecule has 1 N–H and O–H groups in total. The number of aromatic nitrogens is 4. The number of nitrogens with zero attached hydrogens (tertiary/aromatic N) is 4. The van der Waals surface area contributed by atoms with Crippen LogP contribution < -0.4 is 15.0 Å². The molecule has 2 heterocycles. The molecular weight excluding hydrogens is 464 g/mol. The lowest BCUT2D eigenvalue weighted by Gasteiger charge is -2.20. The zero-order chi connectivity index (χ0) is 25.8. The second kappa shape index (κ2) is 10.6. The summed E-state index contributed by atoms with van der Waals surface area (Å²) in [5, 5.41) is 19.5. The predicted molar refractivity (Wildman–Crippen MR) is 132 cm³/mol. The Morgan fingerprint density at radius 2 is 1.69 bits per heavy atom. The van der Waals surface area contributed by atoms with E-state index >= 15 is 0 Å². The minimum absolute atomic E-state index is 0.0511. The highest BCUT2D eigenvalue weighted by molar-refractivity contribution is 5.65. The molecule has 0 aliphatic heterocycles. The number of benzene rings is 2. The SMILES string of the molecule is COc1cccc(OC)c1-n1c(COC(C)C)nc(=O)c(-c2nnc(Cc3ccc(C)cc3)o2)c1O. The summed E-state index contributed by atoms with van der Waals surface area (Å²) >= 11 is 0. The molecule has 0 saturated heterocycles. The van der Waals surface area contributed by atoms with Crippen molar-refractivity contribution in [3.63, 3.8) is 0 Å². The Balaban J connectivity index is 1.86. The third-order valence-corrected chi connectivity index (χ3v) is 5.47. The summed E-state index contributed by atoms with van der Waals surface area (Å²) in [4.78, 5) is 17.3. The molecule has 2 aromatic heterocycles. The molecule has 0 bridgehead atoms. The Labute approximate surface area is 208 Å². The fourth-order valence-corrected chi connectivity index (χ4v) is 3.67. The molecule has 0 fully saturated rings. The first kappa shape index (κ1) is 24.9. The van der Waals surface area contributed by atoms with Crippen molar-refractivity contribution < 1.29 is 23.7 Å². The van der Waals surface area contributed by atoms with Gasteiger partial charge in [-0.3, -0.25) is 9.36 Å². The number of aromatic hydroxyl groups is 1. The van der Waals surface area contributed by atoms with E-state index in [4.69, 9.17) is 18.6 Å². The van der Waals surface area contributed by atoms with Crippen LogP contribution >= 0.6 is 0 Å². The molecule has 0 spiro atoms. The average molecular weight is 493 g/mol. The molecule has 0 aliphatic carbocycles. The van der Waals surface area contributed by atoms with Gasteiger partial charge in [0.25, 0.3) is 11.4 Å². The van der Waals surface area contributed by atoms with Crippen LogP contribution in [0.5, 0.6) is 17.4 Å². The van der Waals surface area contributed by atoms with Gasteiger partial charge in [-0.05, 0) is 38.5 Å². The monoisotopic (exact) mass is 492 g/mol. The third kappa shape index (κ3) is 5.08. The summed E-state index contributed by atoms with van der Waals surface area (Å²) in [5.74, 6) is 0.616. The molecule has 0 unspecified atom stereocenters. The maximum Gasteiger partial charge on any atom is 0.289 e. The minimum Gasteiger partial charge on any atom is -0.494 e. The van der Waals surface area contributed by atoms with Crippen molar-refractivity contribution in [2.45, 2.75) is 39.9 Å². The van der Waals surface area contributed by atoms with E-state index in [1.807, 2.05) is 45.0 Å². The number of para-hydroxylation sites is 1. The quantitative estimate of drug-likeness (QED) is 0.371. The standard InChI is InChI=1S/C26H28N4O6/c1-15(2)35-14-20-27-24(31)22(25-29-28-21(36-25)13-17-11-9-16(3)10-12-17)26(32)30(20)23-18(33-4)7-6-8-19(23)34-5/h6-12,15,32H,13-14H2,1-5H3. The molecule has 36 heavy (non-hydrogen) atoms. The van der Waals surface area contributed by atoms with Crippen LogP contribution in [0.1, 0.15) is 36.7 Å². The largest absolute Gasteiger partial charge is 0.494 e. The Kier molecular flexibility index (Phi) is 7.35. The summed E-state index contributed by atoms with van der Waals surface area (Å²) in [6, 6.07) is 13.0. The van der Waals surface area contributed by atoms with E-state index in [-0.39, 0.29) is 30.0 Å². The van der Waals surface area contributed by atoms with Gasteiger partial charge < -0.3 is 23.7 Å². The lowest BCUT2D eigenvalue weighted by atomic mass is 10.1. The summed E-state index contributed by atoms with van der Waals surface area (Å²) < 4.78 is 23.9. The van der Waals surface area contributed by atoms with Crippen LogP contribution in [0.3, 0.4) is 0 Å². The van der Waals surface area contributed by atoms with Crippen molar-refractivity contribution in [1.82, 2.24) is 19.7 Å². The minimum atomic E-state index is -0.731. The molecule has 0 amide bonds. The second-order valence-corrected chi connectivity index (χ2v) is 8.40. The highest BCUT2D eigenvalue weighted by atomic mass is 16.5. The number of ether oxygens (including phenoxy) is 3. The van der Waals surface area contributed by atoms with E-state index in [9.17, 15) is 9.90 Å². The summed E-state index contributed by atoms with van der Waals surface area (Å²) in [6.07, 6.45) is 0.230. The second-order valence-electron chi connectivity index (χ2n) is 8.40. The zero-order valence-electron chi connectivity index (χ0n) is 20.8. The van der Waals surface area contributed by atoms with Crippen molar-refractivity contribution in [2.75, 3.05) is 14.2 Å². The van der Waals surface area contributed by atoms with Crippen LogP contribution in [0.2, 0.25) is 0 Å². The van der Waals surface area contributed by atoms with Crippen LogP contribution in [0.15, 0.2) is 51.7 Å². The molecule has 188 valence electrons. The lowest BCUT2D eigenvalue weighted by Crippen LogP contribution is -2.22. The molecule has 2 aromatic carbocycles. The first-order valence-electron chi connectivity index (χ1n) is 11.4. The number of aryl methyl sites for hydroxylation is 1. The molecule has 10 heteroatoms. The van der Waals surface area contributed by atoms with Gasteiger partial charge in [0.1, 0.15) is 29.6 Å². The van der Waals surface area contributed by atoms with Gasteiger partial charge in [-0.1, -0.05) is 35.9 Å². The van der Waals surface area contributed by atoms with Crippen molar-refractivity contribution in [3.8, 4) is 34.5 Å². The zero-order valence-corrected chi connectivity index (χ0v) is 20.8. The Hall–Kier alpha value is -4.18. The fraction of sp³-hybridized carbons (Fsp3) is 0.308. The van der Waals surface area contributed by atoms with Crippen molar-refractivity contribution in [2.24, 2.45) is 0 Å². The fourth-order valence-electron chi connectivity index (χ4n) is 3.67. The smallest absolute Gasteiger partial charge is 0.289 e. The first-order chi connectivity index (χ1) is 17.3. The van der Waals surface area contributed by atoms with Crippen molar-refractivity contribution in [3.05, 3.63) is 75.7 Å². The van der Waals surface area contributed by atoms with Crippen LogP contribution in [-0.4, -0.2) is 45.2 Å². The van der Waals surface area contributed by atoms with Crippen molar-refractivity contribution in [1.29, 1.82) is 0 Å². The normalized spacial score (nSPS) is 11.2. The number of hydrogen-bond donors (Lipinski definition) is 1. The predicted octanol–water partition coefficient (Wildman–Crippen LogP) is 3.83. The number of hydrogen-bond acceptors (Lipinski definition) is 9. The van der Waals surface area contributed by atoms with Gasteiger partial charge in [0.2, 0.25) is 11.8 Å². The average Bonchev–Trinajstić information content (AvgIpc) is 3.31. The Morgan fingerprint density at radius 3 is 2.31 bits per heavy atom. The molecule has 0 aliphatic rings. The Morgan fingerprint density at radius 1 is 1.03 bits per heavy atom. The maximum atomic E-state index is 13.1. The van der Waals surface area contributed by atoms with Gasteiger partial charge in [-0.25, -0.2) is 0 Å². The highest BCUT2D eigenvalue weighted by Gasteiger charge is 2.27. The molecule has 0 radical (unpaired) electrons. The highest BCUT2D eigenvalue weighted by Crippen LogP contribution is 2.38. The summed E-state index contributed by atoms with van der Waals surface area (Å²) in [6.45, 7) is 5.66. The molecule has 10 nitrogen and oxygen atoms in total. The molecular formula is C26H28N4O6. The van der Waals surface area contributed by atoms with E-state index in [1.165, 1.54) is 18.8 Å². The first-order valence-corrected chi connectivity index (χ1v) is 11.4. The topological polar surface area (TPSA) is 122 Å². The molecule has 0 saturated carbocycles. The van der Waals surface area contributed by atoms with Gasteiger partial charge in [0.15, 0.2) is 5.56 Å². The van der Waals surface area contributed by atoms with Gasteiger partial charge in [0.05, 0.1) is 26.7 Å². The lowest BCUT2D eigenvalue weighted by molar-refractivity contribution is 0.0594. The van der Waals surface area contributed by atoms with Crippen molar-refractivity contribution >= 4 is 0 Å². The van der Waals surface area contributed by atoms with Gasteiger partial charge in [-0.15, -0.1) is 10.2 Å². The van der Waals surface area contributed by atoms with Crippen LogP contribution in [0, 0.1) is 6.92 Å². The number of rotatable bonds is 9. The van der Waals surface area contributed by atoms with E-state index < -0.39 is 11.4 Å². The van der Waals surface area contributed by atoms with Crippen LogP contribution in [0.25, 0.3) is 17.1 Å². The Bertz CT molecular complexity index is 1390. The summed E-state index contributed by atoms with van der Waals surface area (Å²) in [7, 11) is 2.98. The maximum absolute atomic E-state index is 13.1. The molecule has 4 aromatic rings. The summed E-state index contributed by atoms with van der Waals surface area (Å²) in [5.41, 5.74) is 1.48. The van der Waals surface area contributed by atoms with Gasteiger partial charge in [-0.2, -0.15) is 4.98 Å². The van der Waals surface area contributed by atoms with Crippen LogP contribution in [0.4, 0.5) is 0 Å². The van der Waals surface area contributed by atoms with Gasteiger partial charge in [0, 0.05) is 0 Å². The molecule has 4 rings (SSSR count). The van der Waals surface area contributed by atoms with E-state index in [1.54, 1.807) is 18.2 Å². The van der Waals surface area contributed by atoms with E-state index in [0.717, 1.165) is 11.1 Å². The molecule has 0 atom stereocenters. The van der Waals surface area contributed by atoms with E-state index in [2.05, 4.69) is 15.2 Å². The van der Waals surface area contributed by atoms with Gasteiger partial charge >= 0.3 is 0 Å². The number of methoxy groups -OCH3 is 2.